The Labute approximate surface area is 215 Å². The number of fused-ring (bicyclic) bond motifs is 1. The molecule has 0 heterocycles. The van der Waals surface area contributed by atoms with E-state index in [1.807, 2.05) is 49.4 Å². The summed E-state index contributed by atoms with van der Waals surface area (Å²) >= 11 is 0. The number of nitrogens with one attached hydrogen (secondary N) is 1. The molecule has 2 N–H and O–H groups in total. The number of carbonyl (C=O) groups is 3. The van der Waals surface area contributed by atoms with E-state index in [4.69, 9.17) is 9.84 Å². The molecule has 188 valence electrons. The lowest BCUT2D eigenvalue weighted by molar-refractivity contribution is -0.137. The van der Waals surface area contributed by atoms with Gasteiger partial charge in [0.15, 0.2) is 5.78 Å². The maximum Gasteiger partial charge on any atom is 0.303 e. The number of aryl methyl sites for hydroxylation is 1. The van der Waals surface area contributed by atoms with Crippen LogP contribution in [0.15, 0.2) is 84.9 Å². The third kappa shape index (κ3) is 6.22. The van der Waals surface area contributed by atoms with Crippen molar-refractivity contribution in [1.82, 2.24) is 5.32 Å². The number of hydrogen-bond donors (Lipinski definition) is 2. The summed E-state index contributed by atoms with van der Waals surface area (Å²) in [5, 5.41) is 14.3. The second kappa shape index (κ2) is 11.5. The molecule has 0 saturated heterocycles. The third-order valence-corrected chi connectivity index (χ3v) is 6.29. The van der Waals surface area contributed by atoms with Crippen molar-refractivity contribution in [1.29, 1.82) is 0 Å². The van der Waals surface area contributed by atoms with Crippen LogP contribution in [0.5, 0.6) is 11.5 Å². The standard InChI is InChI=1S/C31H29NO5/c1-20(25-14-7-10-22-9-3-4-13-27(22)25)32-31(36)28-19-24(18-17-23(28)11-8-16-30(34)35)37-29-15-6-5-12-26(29)21(2)33/h3-7,9-10,12-15,17-20H,8,11,16H2,1-2H3,(H,32,36)(H,34,35)/t20-/m1/s1. The van der Waals surface area contributed by atoms with E-state index < -0.39 is 5.97 Å². The molecule has 1 amide bonds. The van der Waals surface area contributed by atoms with Crippen LogP contribution in [0, 0.1) is 0 Å². The van der Waals surface area contributed by atoms with Gasteiger partial charge in [0.1, 0.15) is 11.5 Å². The predicted octanol–water partition coefficient (Wildman–Crippen LogP) is 6.73. The predicted molar refractivity (Wildman–Crippen MR) is 143 cm³/mol. The molecule has 0 aliphatic carbocycles. The van der Waals surface area contributed by atoms with Gasteiger partial charge in [0, 0.05) is 12.0 Å². The molecule has 0 bridgehead atoms. The number of para-hydroxylation sites is 1. The zero-order valence-electron chi connectivity index (χ0n) is 20.9. The van der Waals surface area contributed by atoms with Gasteiger partial charge in [-0.3, -0.25) is 14.4 Å². The molecule has 0 fully saturated rings. The van der Waals surface area contributed by atoms with E-state index in [2.05, 4.69) is 5.32 Å². The average molecular weight is 496 g/mol. The van der Waals surface area contributed by atoms with E-state index >= 15 is 0 Å². The number of Topliss-reactive ketones (excluding diaryl/α,β-unsaturated/α-hetero) is 1. The molecule has 0 spiro atoms. The van der Waals surface area contributed by atoms with Crippen LogP contribution in [-0.4, -0.2) is 22.8 Å². The van der Waals surface area contributed by atoms with Gasteiger partial charge in [-0.2, -0.15) is 0 Å². The summed E-state index contributed by atoms with van der Waals surface area (Å²) in [6, 6.07) is 25.9. The first kappa shape index (κ1) is 25.6. The molecule has 0 saturated carbocycles. The topological polar surface area (TPSA) is 92.7 Å². The van der Waals surface area contributed by atoms with E-state index in [1.165, 1.54) is 6.92 Å². The lowest BCUT2D eigenvalue weighted by Gasteiger charge is -2.19. The smallest absolute Gasteiger partial charge is 0.303 e. The normalized spacial score (nSPS) is 11.6. The largest absolute Gasteiger partial charge is 0.481 e. The minimum atomic E-state index is -0.878. The fourth-order valence-corrected chi connectivity index (χ4v) is 4.43. The molecule has 0 aliphatic rings. The lowest BCUT2D eigenvalue weighted by atomic mass is 9.98. The van der Waals surface area contributed by atoms with Gasteiger partial charge in [-0.1, -0.05) is 60.7 Å². The Bertz CT molecular complexity index is 1450. The van der Waals surface area contributed by atoms with Gasteiger partial charge in [0.2, 0.25) is 0 Å². The van der Waals surface area contributed by atoms with Crippen LogP contribution in [0.4, 0.5) is 0 Å². The SMILES string of the molecule is CC(=O)c1ccccc1Oc1ccc(CCCC(=O)O)c(C(=O)N[C@H](C)c2cccc3ccccc23)c1. The zero-order valence-corrected chi connectivity index (χ0v) is 20.9. The molecule has 6 heteroatoms. The van der Waals surface area contributed by atoms with Crippen LogP contribution in [0.1, 0.15) is 64.6 Å². The number of rotatable bonds is 10. The van der Waals surface area contributed by atoms with Crippen LogP contribution in [0.2, 0.25) is 0 Å². The molecule has 0 aromatic heterocycles. The van der Waals surface area contributed by atoms with Gasteiger partial charge >= 0.3 is 5.97 Å². The summed E-state index contributed by atoms with van der Waals surface area (Å²) in [5.74, 6) is -0.460. The number of ether oxygens (including phenoxy) is 1. The molecular weight excluding hydrogens is 466 g/mol. The summed E-state index contributed by atoms with van der Waals surface area (Å²) in [4.78, 5) is 36.6. The second-order valence-corrected chi connectivity index (χ2v) is 8.98. The van der Waals surface area contributed by atoms with Gasteiger partial charge in [0.25, 0.3) is 5.91 Å². The number of benzene rings is 4. The first-order valence-corrected chi connectivity index (χ1v) is 12.2. The molecule has 0 unspecified atom stereocenters. The van der Waals surface area contributed by atoms with Crippen molar-refractivity contribution in [2.75, 3.05) is 0 Å². The van der Waals surface area contributed by atoms with Crippen LogP contribution in [0.3, 0.4) is 0 Å². The Hall–Kier alpha value is -4.45. The highest BCUT2D eigenvalue weighted by Crippen LogP contribution is 2.29. The molecule has 4 aromatic carbocycles. The highest BCUT2D eigenvalue weighted by atomic mass is 16.5. The number of amides is 1. The van der Waals surface area contributed by atoms with Crippen molar-refractivity contribution >= 4 is 28.4 Å². The van der Waals surface area contributed by atoms with E-state index in [9.17, 15) is 14.4 Å². The highest BCUT2D eigenvalue weighted by molar-refractivity contribution is 5.98. The molecule has 1 atom stereocenters. The van der Waals surface area contributed by atoms with Crippen molar-refractivity contribution in [3.63, 3.8) is 0 Å². The first-order chi connectivity index (χ1) is 17.8. The molecule has 4 aromatic rings. The van der Waals surface area contributed by atoms with E-state index in [1.54, 1.807) is 42.5 Å². The van der Waals surface area contributed by atoms with Crippen molar-refractivity contribution in [2.45, 2.75) is 39.2 Å². The second-order valence-electron chi connectivity index (χ2n) is 8.98. The van der Waals surface area contributed by atoms with Crippen LogP contribution < -0.4 is 10.1 Å². The quantitative estimate of drug-likeness (QED) is 0.238. The number of hydrogen-bond acceptors (Lipinski definition) is 4. The van der Waals surface area contributed by atoms with E-state index in [-0.39, 0.29) is 24.2 Å². The number of aliphatic carboxylic acids is 1. The summed E-state index contributed by atoms with van der Waals surface area (Å²) in [7, 11) is 0. The Morgan fingerprint density at radius 2 is 1.62 bits per heavy atom. The van der Waals surface area contributed by atoms with Gasteiger partial charge in [0.05, 0.1) is 11.6 Å². The molecule has 0 radical (unpaired) electrons. The van der Waals surface area contributed by atoms with Crippen molar-refractivity contribution in [2.24, 2.45) is 0 Å². The summed E-state index contributed by atoms with van der Waals surface area (Å²) in [6.45, 7) is 3.41. The van der Waals surface area contributed by atoms with Gasteiger partial charge in [-0.15, -0.1) is 0 Å². The lowest BCUT2D eigenvalue weighted by Crippen LogP contribution is -2.27. The fourth-order valence-electron chi connectivity index (χ4n) is 4.43. The van der Waals surface area contributed by atoms with Crippen molar-refractivity contribution in [3.05, 3.63) is 107 Å². The number of carboxylic acids is 1. The Balaban J connectivity index is 1.63. The summed E-state index contributed by atoms with van der Waals surface area (Å²) in [5.41, 5.74) is 2.59. The first-order valence-electron chi connectivity index (χ1n) is 12.2. The molecule has 6 nitrogen and oxygen atoms in total. The fraction of sp³-hybridized carbons (Fsp3) is 0.194. The van der Waals surface area contributed by atoms with Gasteiger partial charge in [-0.25, -0.2) is 0 Å². The number of carbonyl (C=O) groups excluding carboxylic acids is 2. The summed E-state index contributed by atoms with van der Waals surface area (Å²) < 4.78 is 6.01. The van der Waals surface area contributed by atoms with E-state index in [0.717, 1.165) is 21.9 Å². The average Bonchev–Trinajstić information content (AvgIpc) is 2.89. The molecule has 0 aliphatic heterocycles. The Morgan fingerprint density at radius 3 is 2.41 bits per heavy atom. The van der Waals surface area contributed by atoms with Crippen molar-refractivity contribution < 1.29 is 24.2 Å². The summed E-state index contributed by atoms with van der Waals surface area (Å²) in [6.07, 6.45) is 0.849. The number of carboxylic acid groups (broad SMARTS) is 1. The number of ketones is 1. The van der Waals surface area contributed by atoms with Crippen LogP contribution in [-0.2, 0) is 11.2 Å². The highest BCUT2D eigenvalue weighted by Gasteiger charge is 2.18. The minimum absolute atomic E-state index is 0.0116. The Morgan fingerprint density at radius 1 is 0.892 bits per heavy atom. The molecule has 37 heavy (non-hydrogen) atoms. The Kier molecular flexibility index (Phi) is 7.98. The minimum Gasteiger partial charge on any atom is -0.481 e. The van der Waals surface area contributed by atoms with Crippen LogP contribution in [0.25, 0.3) is 10.8 Å². The van der Waals surface area contributed by atoms with Gasteiger partial charge in [-0.05, 0) is 72.9 Å². The third-order valence-electron chi connectivity index (χ3n) is 6.29. The van der Waals surface area contributed by atoms with Crippen LogP contribution >= 0.6 is 0 Å². The maximum absolute atomic E-state index is 13.5. The van der Waals surface area contributed by atoms with E-state index in [0.29, 0.717) is 35.5 Å². The van der Waals surface area contributed by atoms with Gasteiger partial charge < -0.3 is 15.2 Å². The van der Waals surface area contributed by atoms with Crippen molar-refractivity contribution in [3.8, 4) is 11.5 Å². The molecular formula is C31H29NO5. The monoisotopic (exact) mass is 495 g/mol. The zero-order chi connectivity index (χ0) is 26.4. The molecule has 4 rings (SSSR count). The maximum atomic E-state index is 13.5.